The summed E-state index contributed by atoms with van der Waals surface area (Å²) in [6.07, 6.45) is 1.20. The van der Waals surface area contributed by atoms with Gasteiger partial charge in [-0.3, -0.25) is 14.3 Å². The number of fused-ring (bicyclic) bond motifs is 1. The van der Waals surface area contributed by atoms with Crippen molar-refractivity contribution in [2.24, 2.45) is 5.92 Å². The molecule has 0 radical (unpaired) electrons. The first-order valence-corrected chi connectivity index (χ1v) is 10.7. The third-order valence-corrected chi connectivity index (χ3v) is 6.00. The van der Waals surface area contributed by atoms with Crippen molar-refractivity contribution in [1.29, 1.82) is 0 Å². The minimum Gasteiger partial charge on any atom is -0.396 e. The molecule has 3 aromatic rings. The van der Waals surface area contributed by atoms with E-state index in [1.807, 2.05) is 6.92 Å². The molecule has 2 heterocycles. The van der Waals surface area contributed by atoms with Crippen LogP contribution in [0.4, 0.5) is 5.95 Å². The topological polar surface area (TPSA) is 184 Å². The lowest BCUT2D eigenvalue weighted by atomic mass is 10.0. The summed E-state index contributed by atoms with van der Waals surface area (Å²) in [6, 6.07) is 5.72. The number of anilines is 1. The van der Waals surface area contributed by atoms with Crippen molar-refractivity contribution >= 4 is 27.2 Å². The quantitative estimate of drug-likeness (QED) is 0.279. The number of imidazole rings is 1. The Morgan fingerprint density at radius 1 is 1.32 bits per heavy atom. The van der Waals surface area contributed by atoms with Crippen LogP contribution in [0.15, 0.2) is 52.4 Å². The summed E-state index contributed by atoms with van der Waals surface area (Å²) in [5, 5.41) is 19.2. The molecule has 0 spiro atoms. The Kier molecular flexibility index (Phi) is 6.27. The van der Waals surface area contributed by atoms with Crippen molar-refractivity contribution in [3.63, 3.8) is 0 Å². The molecule has 12 heteroatoms. The predicted octanol–water partition coefficient (Wildman–Crippen LogP) is 0.414. The number of aliphatic hydroxyl groups is 2. The summed E-state index contributed by atoms with van der Waals surface area (Å²) in [5.41, 5.74) is 7.33. The number of nitrogens with two attached hydrogens (primary N) is 1. The number of aliphatic hydroxyl groups excluding tert-OH is 2. The van der Waals surface area contributed by atoms with E-state index in [-0.39, 0.29) is 34.9 Å². The van der Waals surface area contributed by atoms with Gasteiger partial charge >= 0.3 is 0 Å². The van der Waals surface area contributed by atoms with E-state index >= 15 is 0 Å². The van der Waals surface area contributed by atoms with E-state index in [9.17, 15) is 23.4 Å². The second kappa shape index (κ2) is 8.59. The third-order valence-electron chi connectivity index (χ3n) is 5.14. The van der Waals surface area contributed by atoms with Gasteiger partial charge in [-0.05, 0) is 31.1 Å². The molecule has 1 fully saturated rings. The lowest BCUT2D eigenvalue weighted by Gasteiger charge is -2.15. The highest BCUT2D eigenvalue weighted by atomic mass is 32.2. The third kappa shape index (κ3) is 4.66. The molecule has 166 valence electrons. The highest BCUT2D eigenvalue weighted by molar-refractivity contribution is 7.85. The SMILES string of the molecule is C=C1[C@H](CO)[C@@H](O)C[C@@H]1n1cnc2c(=O)[nH]c(N)nc21.Cc1ccc(S(=O)(=O)O)cc1. The zero-order valence-electron chi connectivity index (χ0n) is 16.6. The van der Waals surface area contributed by atoms with Crippen molar-refractivity contribution in [2.75, 3.05) is 12.3 Å². The summed E-state index contributed by atoms with van der Waals surface area (Å²) in [7, 11) is -4.02. The molecule has 0 bridgehead atoms. The molecule has 6 N–H and O–H groups in total. The standard InChI is InChI=1S/C12H15N5O3.C7H8O3S/c1-5-6(3-18)8(19)2-7(5)17-4-14-9-10(17)15-12(13)16-11(9)20;1-6-2-4-7(5-3-6)11(8,9)10/h4,6-8,18-19H,1-3H2,(H3,13,15,16,20);2-5H,1H3,(H,8,9,10)/t6-,7-,8-;/m0./s1. The number of aromatic nitrogens is 4. The number of nitrogen functional groups attached to an aromatic ring is 1. The fourth-order valence-corrected chi connectivity index (χ4v) is 3.93. The molecule has 0 aliphatic heterocycles. The Bertz CT molecular complexity index is 1270. The van der Waals surface area contributed by atoms with Gasteiger partial charge in [0, 0.05) is 5.92 Å². The Morgan fingerprint density at radius 2 is 1.97 bits per heavy atom. The first kappa shape index (κ1) is 22.6. The monoisotopic (exact) mass is 449 g/mol. The van der Waals surface area contributed by atoms with Gasteiger partial charge in [-0.1, -0.05) is 24.3 Å². The lowest BCUT2D eigenvalue weighted by molar-refractivity contribution is 0.101. The summed E-state index contributed by atoms with van der Waals surface area (Å²) in [6.45, 7) is 5.61. The van der Waals surface area contributed by atoms with Crippen molar-refractivity contribution in [2.45, 2.75) is 30.4 Å². The first-order chi connectivity index (χ1) is 14.5. The maximum Gasteiger partial charge on any atom is 0.294 e. The van der Waals surface area contributed by atoms with E-state index in [2.05, 4.69) is 21.5 Å². The normalized spacial score (nSPS) is 21.2. The zero-order valence-corrected chi connectivity index (χ0v) is 17.5. The maximum absolute atomic E-state index is 11.7. The molecule has 31 heavy (non-hydrogen) atoms. The van der Waals surface area contributed by atoms with Crippen LogP contribution in [0.5, 0.6) is 0 Å². The number of aryl methyl sites for hydroxylation is 1. The molecule has 1 saturated carbocycles. The van der Waals surface area contributed by atoms with Crippen molar-refractivity contribution in [3.8, 4) is 0 Å². The fourth-order valence-electron chi connectivity index (χ4n) is 3.45. The molecular formula is C19H23N5O6S. The van der Waals surface area contributed by atoms with Gasteiger partial charge in [-0.15, -0.1) is 0 Å². The van der Waals surface area contributed by atoms with Crippen LogP contribution in [0.2, 0.25) is 0 Å². The van der Waals surface area contributed by atoms with Gasteiger partial charge in [0.2, 0.25) is 5.95 Å². The number of hydrogen-bond acceptors (Lipinski definition) is 8. The van der Waals surface area contributed by atoms with Gasteiger partial charge < -0.3 is 20.5 Å². The minimum atomic E-state index is -4.02. The Balaban J connectivity index is 0.000000210. The Labute approximate surface area is 177 Å². The minimum absolute atomic E-state index is 0.00659. The number of hydrogen-bond donors (Lipinski definition) is 5. The number of aromatic amines is 1. The van der Waals surface area contributed by atoms with Crippen LogP contribution in [0, 0.1) is 12.8 Å². The number of benzene rings is 1. The number of H-pyrrole nitrogens is 1. The van der Waals surface area contributed by atoms with E-state index in [4.69, 9.17) is 10.3 Å². The second-order valence-corrected chi connectivity index (χ2v) is 8.67. The molecule has 1 aliphatic rings. The fraction of sp³-hybridized carbons (Fsp3) is 0.316. The van der Waals surface area contributed by atoms with E-state index in [0.29, 0.717) is 17.6 Å². The van der Waals surface area contributed by atoms with Crippen LogP contribution in [-0.4, -0.2) is 55.4 Å². The Morgan fingerprint density at radius 3 is 2.52 bits per heavy atom. The van der Waals surface area contributed by atoms with Crippen LogP contribution >= 0.6 is 0 Å². The average Bonchev–Trinajstić information content (AvgIpc) is 3.22. The number of nitrogens with one attached hydrogen (secondary N) is 1. The van der Waals surface area contributed by atoms with Crippen LogP contribution in [0.1, 0.15) is 18.0 Å². The van der Waals surface area contributed by atoms with Crippen LogP contribution < -0.4 is 11.3 Å². The average molecular weight is 449 g/mol. The predicted molar refractivity (Wildman–Crippen MR) is 113 cm³/mol. The molecule has 1 aromatic carbocycles. The van der Waals surface area contributed by atoms with Crippen molar-refractivity contribution in [3.05, 3.63) is 58.7 Å². The highest BCUT2D eigenvalue weighted by Gasteiger charge is 2.37. The lowest BCUT2D eigenvalue weighted by Crippen LogP contribution is -2.17. The molecule has 0 saturated heterocycles. The summed E-state index contributed by atoms with van der Waals surface area (Å²) < 4.78 is 31.2. The van der Waals surface area contributed by atoms with E-state index < -0.39 is 21.8 Å². The van der Waals surface area contributed by atoms with E-state index in [1.54, 1.807) is 16.7 Å². The van der Waals surface area contributed by atoms with Crippen molar-refractivity contribution in [1.82, 2.24) is 19.5 Å². The summed E-state index contributed by atoms with van der Waals surface area (Å²) in [4.78, 5) is 22.2. The van der Waals surface area contributed by atoms with Gasteiger partial charge in [0.05, 0.1) is 30.0 Å². The van der Waals surface area contributed by atoms with E-state index in [1.165, 1.54) is 18.5 Å². The summed E-state index contributed by atoms with van der Waals surface area (Å²) in [5.74, 6) is -0.371. The number of nitrogens with zero attached hydrogens (tertiary/aromatic N) is 3. The second-order valence-electron chi connectivity index (χ2n) is 7.25. The van der Waals surface area contributed by atoms with Gasteiger partial charge in [0.1, 0.15) is 0 Å². The zero-order chi connectivity index (χ0) is 22.9. The molecule has 0 amide bonds. The van der Waals surface area contributed by atoms with Gasteiger partial charge in [-0.25, -0.2) is 4.98 Å². The molecule has 0 unspecified atom stereocenters. The summed E-state index contributed by atoms with van der Waals surface area (Å²) >= 11 is 0. The molecule has 1 aliphatic carbocycles. The van der Waals surface area contributed by atoms with Crippen LogP contribution in [0.25, 0.3) is 11.2 Å². The van der Waals surface area contributed by atoms with E-state index in [0.717, 1.165) is 5.56 Å². The Hall–Kier alpha value is -3.06. The first-order valence-electron chi connectivity index (χ1n) is 9.27. The smallest absolute Gasteiger partial charge is 0.294 e. The van der Waals surface area contributed by atoms with Crippen LogP contribution in [0.3, 0.4) is 0 Å². The molecule has 2 aromatic heterocycles. The molecule has 11 nitrogen and oxygen atoms in total. The van der Waals surface area contributed by atoms with Crippen LogP contribution in [-0.2, 0) is 10.1 Å². The van der Waals surface area contributed by atoms with Gasteiger partial charge in [0.15, 0.2) is 11.2 Å². The maximum atomic E-state index is 11.7. The molecule has 4 rings (SSSR count). The largest absolute Gasteiger partial charge is 0.396 e. The number of rotatable bonds is 3. The molecule has 3 atom stereocenters. The van der Waals surface area contributed by atoms with Gasteiger partial charge in [-0.2, -0.15) is 13.4 Å². The molecular weight excluding hydrogens is 426 g/mol. The van der Waals surface area contributed by atoms with Crippen molar-refractivity contribution < 1.29 is 23.2 Å². The highest BCUT2D eigenvalue weighted by Crippen LogP contribution is 2.39. The van der Waals surface area contributed by atoms with Gasteiger partial charge in [0.25, 0.3) is 15.7 Å².